The average molecular weight is 227 g/mol. The first-order valence-electron chi connectivity index (χ1n) is 3.64. The third-order valence-electron chi connectivity index (χ3n) is 1.92. The predicted octanol–water partition coefficient (Wildman–Crippen LogP) is 2.33. The number of rotatable bonds is 0. The summed E-state index contributed by atoms with van der Waals surface area (Å²) in [5.41, 5.74) is 1.77. The summed E-state index contributed by atoms with van der Waals surface area (Å²) in [6, 6.07) is 3.70. The molecule has 0 saturated carbocycles. The highest BCUT2D eigenvalue weighted by Crippen LogP contribution is 2.30. The van der Waals surface area contributed by atoms with E-state index in [1.807, 2.05) is 19.1 Å². The number of hydrogen-bond acceptors (Lipinski definition) is 2. The maximum Gasteiger partial charge on any atom is 0.203 e. The van der Waals surface area contributed by atoms with Gasteiger partial charge in [-0.05, 0) is 24.6 Å². The Kier molecular flexibility index (Phi) is 1.68. The molecule has 1 aliphatic rings. The predicted molar refractivity (Wildman–Crippen MR) is 48.7 cm³/mol. The lowest BCUT2D eigenvalue weighted by Crippen LogP contribution is -1.98. The number of carbonyl (C=O) groups is 1. The van der Waals surface area contributed by atoms with E-state index in [1.165, 1.54) is 0 Å². The van der Waals surface area contributed by atoms with Gasteiger partial charge >= 0.3 is 0 Å². The number of Topliss-reactive ketones (excluding diaryl/α,β-unsaturated/α-hetero) is 1. The molecule has 0 bridgehead atoms. The molecular weight excluding hydrogens is 220 g/mol. The van der Waals surface area contributed by atoms with E-state index < -0.39 is 0 Å². The van der Waals surface area contributed by atoms with Crippen LogP contribution in [0.5, 0.6) is 5.75 Å². The summed E-state index contributed by atoms with van der Waals surface area (Å²) in [5.74, 6) is 0.762. The van der Waals surface area contributed by atoms with E-state index in [0.29, 0.717) is 11.3 Å². The molecule has 0 amide bonds. The highest BCUT2D eigenvalue weighted by molar-refractivity contribution is 9.10. The summed E-state index contributed by atoms with van der Waals surface area (Å²) in [6.45, 7) is 2.14. The third kappa shape index (κ3) is 1.05. The van der Waals surface area contributed by atoms with E-state index in [-0.39, 0.29) is 12.4 Å². The van der Waals surface area contributed by atoms with Crippen molar-refractivity contribution >= 4 is 21.7 Å². The van der Waals surface area contributed by atoms with Crippen LogP contribution in [0.15, 0.2) is 16.6 Å². The molecular formula is C9H7BrO2. The van der Waals surface area contributed by atoms with Crippen molar-refractivity contribution in [2.75, 3.05) is 6.61 Å². The molecule has 2 rings (SSSR count). The molecule has 12 heavy (non-hydrogen) atoms. The van der Waals surface area contributed by atoms with Gasteiger partial charge in [-0.15, -0.1) is 0 Å². The quantitative estimate of drug-likeness (QED) is 0.679. The maximum atomic E-state index is 11.2. The minimum Gasteiger partial charge on any atom is -0.485 e. The third-order valence-corrected chi connectivity index (χ3v) is 2.77. The standard InChI is InChI=1S/C9H7BrO2/c1-5-2-6-8(11)4-12-9(6)3-7(5)10/h2-3H,4H2,1H3. The van der Waals surface area contributed by atoms with E-state index in [0.717, 1.165) is 10.0 Å². The van der Waals surface area contributed by atoms with Gasteiger partial charge in [0.05, 0.1) is 5.56 Å². The van der Waals surface area contributed by atoms with Gasteiger partial charge in [-0.2, -0.15) is 0 Å². The van der Waals surface area contributed by atoms with Crippen LogP contribution in [0.3, 0.4) is 0 Å². The van der Waals surface area contributed by atoms with Crippen LogP contribution < -0.4 is 4.74 Å². The monoisotopic (exact) mass is 226 g/mol. The molecule has 2 nitrogen and oxygen atoms in total. The lowest BCUT2D eigenvalue weighted by molar-refractivity contribution is 0.0961. The van der Waals surface area contributed by atoms with Crippen molar-refractivity contribution in [1.82, 2.24) is 0 Å². The number of fused-ring (bicyclic) bond motifs is 1. The van der Waals surface area contributed by atoms with Crippen LogP contribution in [-0.4, -0.2) is 12.4 Å². The summed E-state index contributed by atoms with van der Waals surface area (Å²) in [7, 11) is 0. The lowest BCUT2D eigenvalue weighted by Gasteiger charge is -2.00. The fourth-order valence-corrected chi connectivity index (χ4v) is 1.54. The Morgan fingerprint density at radius 2 is 2.25 bits per heavy atom. The minimum absolute atomic E-state index is 0.0700. The zero-order chi connectivity index (χ0) is 8.72. The molecule has 0 atom stereocenters. The second-order valence-electron chi connectivity index (χ2n) is 2.81. The molecule has 0 radical (unpaired) electrons. The smallest absolute Gasteiger partial charge is 0.203 e. The number of hydrogen-bond donors (Lipinski definition) is 0. The van der Waals surface area contributed by atoms with Crippen molar-refractivity contribution < 1.29 is 9.53 Å². The van der Waals surface area contributed by atoms with E-state index in [9.17, 15) is 4.79 Å². The van der Waals surface area contributed by atoms with Crippen molar-refractivity contribution in [3.8, 4) is 5.75 Å². The summed E-state index contributed by atoms with van der Waals surface area (Å²) < 4.78 is 6.15. The molecule has 1 aromatic carbocycles. The number of halogens is 1. The van der Waals surface area contributed by atoms with E-state index in [2.05, 4.69) is 15.9 Å². The van der Waals surface area contributed by atoms with Gasteiger partial charge in [-0.3, -0.25) is 4.79 Å². The molecule has 3 heteroatoms. The number of benzene rings is 1. The second kappa shape index (κ2) is 2.59. The van der Waals surface area contributed by atoms with Gasteiger partial charge in [0.1, 0.15) is 5.75 Å². The van der Waals surface area contributed by atoms with Gasteiger partial charge in [-0.25, -0.2) is 0 Å². The molecule has 0 unspecified atom stereocenters. The summed E-state index contributed by atoms with van der Waals surface area (Å²) in [4.78, 5) is 11.2. The average Bonchev–Trinajstić information content (AvgIpc) is 2.35. The van der Waals surface area contributed by atoms with Gasteiger partial charge in [0, 0.05) is 4.47 Å². The lowest BCUT2D eigenvalue weighted by atomic mass is 10.1. The molecule has 1 aliphatic heterocycles. The number of ether oxygens (including phenoxy) is 1. The van der Waals surface area contributed by atoms with Gasteiger partial charge in [0.2, 0.25) is 5.78 Å². The van der Waals surface area contributed by atoms with E-state index in [4.69, 9.17) is 4.74 Å². The largest absolute Gasteiger partial charge is 0.485 e. The Hall–Kier alpha value is -0.830. The molecule has 0 aliphatic carbocycles. The van der Waals surface area contributed by atoms with Gasteiger partial charge in [-0.1, -0.05) is 15.9 Å². The van der Waals surface area contributed by atoms with Crippen molar-refractivity contribution in [1.29, 1.82) is 0 Å². The first kappa shape index (κ1) is 7.80. The Morgan fingerprint density at radius 3 is 3.00 bits per heavy atom. The number of carbonyl (C=O) groups excluding carboxylic acids is 1. The number of aryl methyl sites for hydroxylation is 1. The summed E-state index contributed by atoms with van der Waals surface area (Å²) in [6.07, 6.45) is 0. The van der Waals surface area contributed by atoms with Gasteiger partial charge < -0.3 is 4.74 Å². The summed E-state index contributed by atoms with van der Waals surface area (Å²) >= 11 is 3.38. The minimum atomic E-state index is 0.0700. The fraction of sp³-hybridized carbons (Fsp3) is 0.222. The van der Waals surface area contributed by atoms with Crippen molar-refractivity contribution in [3.63, 3.8) is 0 Å². The normalized spacial score (nSPS) is 14.3. The molecule has 1 heterocycles. The first-order chi connectivity index (χ1) is 5.68. The Morgan fingerprint density at radius 1 is 1.50 bits per heavy atom. The summed E-state index contributed by atoms with van der Waals surface area (Å²) in [5, 5.41) is 0. The Balaban J connectivity index is 2.63. The van der Waals surface area contributed by atoms with Gasteiger partial charge in [0.15, 0.2) is 6.61 Å². The van der Waals surface area contributed by atoms with Crippen molar-refractivity contribution in [3.05, 3.63) is 27.7 Å². The molecule has 1 aromatic rings. The molecule has 0 saturated heterocycles. The van der Waals surface area contributed by atoms with Crippen LogP contribution in [0.1, 0.15) is 15.9 Å². The number of ketones is 1. The fourth-order valence-electron chi connectivity index (χ4n) is 1.22. The highest BCUT2D eigenvalue weighted by atomic mass is 79.9. The molecule has 0 N–H and O–H groups in total. The Bertz CT molecular complexity index is 358. The Labute approximate surface area is 78.7 Å². The molecule has 0 fully saturated rings. The van der Waals surface area contributed by atoms with Crippen LogP contribution in [-0.2, 0) is 0 Å². The van der Waals surface area contributed by atoms with Crippen LogP contribution in [0.25, 0.3) is 0 Å². The van der Waals surface area contributed by atoms with Crippen LogP contribution in [0, 0.1) is 6.92 Å². The van der Waals surface area contributed by atoms with Crippen molar-refractivity contribution in [2.24, 2.45) is 0 Å². The topological polar surface area (TPSA) is 26.3 Å². The van der Waals surface area contributed by atoms with E-state index >= 15 is 0 Å². The zero-order valence-electron chi connectivity index (χ0n) is 6.56. The van der Waals surface area contributed by atoms with Crippen LogP contribution >= 0.6 is 15.9 Å². The van der Waals surface area contributed by atoms with Gasteiger partial charge in [0.25, 0.3) is 0 Å². The molecule has 0 spiro atoms. The first-order valence-corrected chi connectivity index (χ1v) is 4.44. The second-order valence-corrected chi connectivity index (χ2v) is 3.66. The maximum absolute atomic E-state index is 11.2. The highest BCUT2D eigenvalue weighted by Gasteiger charge is 2.21. The molecule has 62 valence electrons. The van der Waals surface area contributed by atoms with Crippen LogP contribution in [0.2, 0.25) is 0 Å². The van der Waals surface area contributed by atoms with E-state index in [1.54, 1.807) is 0 Å². The molecule has 0 aromatic heterocycles. The SMILES string of the molecule is Cc1cc2c(cc1Br)OCC2=O. The van der Waals surface area contributed by atoms with Crippen molar-refractivity contribution in [2.45, 2.75) is 6.92 Å². The zero-order valence-corrected chi connectivity index (χ0v) is 8.14. The van der Waals surface area contributed by atoms with Crippen LogP contribution in [0.4, 0.5) is 0 Å².